The molecule has 0 spiro atoms. The fourth-order valence-corrected chi connectivity index (χ4v) is 2.30. The highest BCUT2D eigenvalue weighted by Gasteiger charge is 2.15. The zero-order valence-corrected chi connectivity index (χ0v) is 12.3. The van der Waals surface area contributed by atoms with E-state index in [4.69, 9.17) is 21.1 Å². The van der Waals surface area contributed by atoms with Crippen LogP contribution in [0.5, 0.6) is 0 Å². The second kappa shape index (κ2) is 4.92. The average molecular weight is 353 g/mol. The van der Waals surface area contributed by atoms with Crippen molar-refractivity contribution in [1.29, 1.82) is 0 Å². The summed E-state index contributed by atoms with van der Waals surface area (Å²) in [5.41, 5.74) is 1.56. The standard InChI is InChI=1S/C14H7BrClNO3/c15-9-5-4-7(6-10(9)16)13-17-12-8(14(18)19)2-1-3-11(12)20-13/h1-6H,(H,18,19). The number of carboxylic acids is 1. The first kappa shape index (κ1) is 13.1. The van der Waals surface area contributed by atoms with Gasteiger partial charge in [-0.1, -0.05) is 17.7 Å². The Morgan fingerprint density at radius 3 is 2.80 bits per heavy atom. The van der Waals surface area contributed by atoms with Gasteiger partial charge < -0.3 is 9.52 Å². The lowest BCUT2D eigenvalue weighted by molar-refractivity contribution is 0.0699. The van der Waals surface area contributed by atoms with E-state index in [2.05, 4.69) is 20.9 Å². The van der Waals surface area contributed by atoms with E-state index in [9.17, 15) is 4.79 Å². The molecule has 20 heavy (non-hydrogen) atoms. The molecule has 1 aromatic heterocycles. The van der Waals surface area contributed by atoms with Crippen LogP contribution in [0.25, 0.3) is 22.6 Å². The van der Waals surface area contributed by atoms with E-state index in [1.54, 1.807) is 30.3 Å². The van der Waals surface area contributed by atoms with Crippen LogP contribution in [0.4, 0.5) is 0 Å². The third-order valence-electron chi connectivity index (χ3n) is 2.82. The fourth-order valence-electron chi connectivity index (χ4n) is 1.87. The van der Waals surface area contributed by atoms with Crippen molar-refractivity contribution in [2.45, 2.75) is 0 Å². The number of fused-ring (bicyclic) bond motifs is 1. The normalized spacial score (nSPS) is 10.9. The van der Waals surface area contributed by atoms with E-state index < -0.39 is 5.97 Å². The summed E-state index contributed by atoms with van der Waals surface area (Å²) in [4.78, 5) is 15.4. The number of para-hydroxylation sites is 1. The molecule has 6 heteroatoms. The van der Waals surface area contributed by atoms with Gasteiger partial charge in [-0.3, -0.25) is 0 Å². The van der Waals surface area contributed by atoms with Crippen LogP contribution in [-0.4, -0.2) is 16.1 Å². The molecule has 0 unspecified atom stereocenters. The Hall–Kier alpha value is -1.85. The van der Waals surface area contributed by atoms with E-state index >= 15 is 0 Å². The molecule has 0 aliphatic heterocycles. The molecule has 0 fully saturated rings. The van der Waals surface area contributed by atoms with Gasteiger partial charge in [-0.25, -0.2) is 9.78 Å². The predicted molar refractivity (Wildman–Crippen MR) is 79.1 cm³/mol. The third-order valence-corrected chi connectivity index (χ3v) is 4.05. The minimum atomic E-state index is -1.04. The summed E-state index contributed by atoms with van der Waals surface area (Å²) < 4.78 is 6.36. The van der Waals surface area contributed by atoms with Crippen molar-refractivity contribution in [2.24, 2.45) is 0 Å². The summed E-state index contributed by atoms with van der Waals surface area (Å²) in [6.07, 6.45) is 0. The Morgan fingerprint density at radius 1 is 1.30 bits per heavy atom. The molecule has 0 saturated carbocycles. The molecule has 3 aromatic rings. The maximum absolute atomic E-state index is 11.2. The Morgan fingerprint density at radius 2 is 2.10 bits per heavy atom. The molecule has 1 heterocycles. The number of rotatable bonds is 2. The third kappa shape index (κ3) is 2.19. The molecule has 0 aliphatic carbocycles. The largest absolute Gasteiger partial charge is 0.478 e. The van der Waals surface area contributed by atoms with Gasteiger partial charge in [-0.05, 0) is 46.3 Å². The van der Waals surface area contributed by atoms with Crippen LogP contribution in [0.15, 0.2) is 45.3 Å². The Balaban J connectivity index is 2.20. The molecule has 100 valence electrons. The highest BCUT2D eigenvalue weighted by molar-refractivity contribution is 9.10. The molecule has 1 N–H and O–H groups in total. The number of aromatic carboxylic acids is 1. The van der Waals surface area contributed by atoms with Crippen LogP contribution in [-0.2, 0) is 0 Å². The predicted octanol–water partition coefficient (Wildman–Crippen LogP) is 4.61. The van der Waals surface area contributed by atoms with Crippen LogP contribution >= 0.6 is 27.5 Å². The lowest BCUT2D eigenvalue weighted by atomic mass is 10.2. The average Bonchev–Trinajstić information content (AvgIpc) is 2.85. The van der Waals surface area contributed by atoms with Crippen molar-refractivity contribution in [2.75, 3.05) is 0 Å². The SMILES string of the molecule is O=C(O)c1cccc2oc(-c3ccc(Br)c(Cl)c3)nc12. The molecule has 3 rings (SSSR count). The van der Waals surface area contributed by atoms with Crippen molar-refractivity contribution in [3.05, 3.63) is 51.5 Å². The highest BCUT2D eigenvalue weighted by Crippen LogP contribution is 2.31. The van der Waals surface area contributed by atoms with Gasteiger partial charge in [0.05, 0.1) is 10.6 Å². The molecule has 0 radical (unpaired) electrons. The number of nitrogens with zero attached hydrogens (tertiary/aromatic N) is 1. The zero-order chi connectivity index (χ0) is 14.3. The van der Waals surface area contributed by atoms with Crippen LogP contribution < -0.4 is 0 Å². The number of oxazole rings is 1. The van der Waals surface area contributed by atoms with Crippen molar-refractivity contribution in [3.63, 3.8) is 0 Å². The van der Waals surface area contributed by atoms with E-state index in [1.165, 1.54) is 6.07 Å². The van der Waals surface area contributed by atoms with Gasteiger partial charge in [-0.2, -0.15) is 0 Å². The molecule has 0 bridgehead atoms. The second-order valence-electron chi connectivity index (χ2n) is 4.11. The fraction of sp³-hybridized carbons (Fsp3) is 0. The lowest BCUT2D eigenvalue weighted by Crippen LogP contribution is -1.96. The lowest BCUT2D eigenvalue weighted by Gasteiger charge is -1.98. The van der Waals surface area contributed by atoms with Crippen LogP contribution in [0, 0.1) is 0 Å². The van der Waals surface area contributed by atoms with Gasteiger partial charge in [0.25, 0.3) is 0 Å². The molecule has 0 atom stereocenters. The van der Waals surface area contributed by atoms with Gasteiger partial charge in [0, 0.05) is 10.0 Å². The summed E-state index contributed by atoms with van der Waals surface area (Å²) in [7, 11) is 0. The smallest absolute Gasteiger partial charge is 0.338 e. The van der Waals surface area contributed by atoms with Crippen molar-refractivity contribution < 1.29 is 14.3 Å². The second-order valence-corrected chi connectivity index (χ2v) is 5.37. The van der Waals surface area contributed by atoms with Gasteiger partial charge in [0.1, 0.15) is 5.52 Å². The number of hydrogen-bond acceptors (Lipinski definition) is 3. The van der Waals surface area contributed by atoms with Crippen molar-refractivity contribution in [3.8, 4) is 11.5 Å². The first-order valence-electron chi connectivity index (χ1n) is 5.64. The quantitative estimate of drug-likeness (QED) is 0.731. The summed E-state index contributed by atoms with van der Waals surface area (Å²) in [6.45, 7) is 0. The molecule has 0 aliphatic rings. The van der Waals surface area contributed by atoms with Crippen LogP contribution in [0.2, 0.25) is 5.02 Å². The maximum atomic E-state index is 11.2. The molecular weight excluding hydrogens is 346 g/mol. The Bertz CT molecular complexity index is 828. The number of hydrogen-bond donors (Lipinski definition) is 1. The summed E-state index contributed by atoms with van der Waals surface area (Å²) >= 11 is 9.34. The number of benzene rings is 2. The van der Waals surface area contributed by atoms with E-state index in [-0.39, 0.29) is 5.56 Å². The topological polar surface area (TPSA) is 63.3 Å². The van der Waals surface area contributed by atoms with Gasteiger partial charge in [0.15, 0.2) is 5.58 Å². The Labute approximate surface area is 127 Å². The summed E-state index contributed by atoms with van der Waals surface area (Å²) in [5.74, 6) is -0.701. The molecule has 4 nitrogen and oxygen atoms in total. The summed E-state index contributed by atoms with van der Waals surface area (Å²) in [5, 5.41) is 9.66. The zero-order valence-electron chi connectivity index (χ0n) is 9.93. The number of carboxylic acid groups (broad SMARTS) is 1. The van der Waals surface area contributed by atoms with Crippen LogP contribution in [0.1, 0.15) is 10.4 Å². The van der Waals surface area contributed by atoms with Crippen LogP contribution in [0.3, 0.4) is 0 Å². The summed E-state index contributed by atoms with van der Waals surface area (Å²) in [6, 6.07) is 10.1. The maximum Gasteiger partial charge on any atom is 0.338 e. The molecule has 2 aromatic carbocycles. The van der Waals surface area contributed by atoms with Crippen molar-refractivity contribution in [1.82, 2.24) is 4.98 Å². The number of carbonyl (C=O) groups is 1. The minimum absolute atomic E-state index is 0.112. The molecular formula is C14H7BrClNO3. The first-order chi connectivity index (χ1) is 9.56. The number of aromatic nitrogens is 1. The van der Waals surface area contributed by atoms with E-state index in [1.807, 2.05) is 0 Å². The van der Waals surface area contributed by atoms with E-state index in [0.717, 1.165) is 4.47 Å². The van der Waals surface area contributed by atoms with E-state index in [0.29, 0.717) is 27.6 Å². The molecule has 0 saturated heterocycles. The monoisotopic (exact) mass is 351 g/mol. The molecule has 0 amide bonds. The minimum Gasteiger partial charge on any atom is -0.478 e. The van der Waals surface area contributed by atoms with Gasteiger partial charge in [0.2, 0.25) is 5.89 Å². The Kier molecular flexibility index (Phi) is 3.23. The van der Waals surface area contributed by atoms with Gasteiger partial charge in [-0.15, -0.1) is 0 Å². The van der Waals surface area contributed by atoms with Gasteiger partial charge >= 0.3 is 5.97 Å². The number of halogens is 2. The van der Waals surface area contributed by atoms with Crippen molar-refractivity contribution >= 4 is 44.6 Å². The first-order valence-corrected chi connectivity index (χ1v) is 6.81. The highest BCUT2D eigenvalue weighted by atomic mass is 79.9.